The lowest BCUT2D eigenvalue weighted by Gasteiger charge is -2.24. The molecule has 4 heteroatoms. The van der Waals surface area contributed by atoms with Gasteiger partial charge in [-0.2, -0.15) is 0 Å². The van der Waals surface area contributed by atoms with Crippen molar-refractivity contribution in [1.29, 1.82) is 0 Å². The van der Waals surface area contributed by atoms with Gasteiger partial charge in [0.15, 0.2) is 0 Å². The molecular weight excluding hydrogens is 210 g/mol. The molecule has 1 fully saturated rings. The van der Waals surface area contributed by atoms with Gasteiger partial charge in [0.1, 0.15) is 6.79 Å². The number of ether oxygens (including phenoxy) is 2. The topological polar surface area (TPSA) is 30.5 Å². The fraction of sp³-hybridized carbons (Fsp3) is 0.636. The minimum Gasteiger partial charge on any atom is -0.355 e. The second-order valence-electron chi connectivity index (χ2n) is 3.75. The summed E-state index contributed by atoms with van der Waals surface area (Å²) in [5.74, 6) is 0. The van der Waals surface area contributed by atoms with Crippen LogP contribution in [0.25, 0.3) is 0 Å². The fourth-order valence-electron chi connectivity index (χ4n) is 1.61. The molecule has 2 atom stereocenters. The van der Waals surface area contributed by atoms with Gasteiger partial charge in [0, 0.05) is 17.5 Å². The molecule has 15 heavy (non-hydrogen) atoms. The second kappa shape index (κ2) is 5.61. The van der Waals surface area contributed by atoms with Crippen molar-refractivity contribution in [1.82, 2.24) is 5.32 Å². The van der Waals surface area contributed by atoms with Gasteiger partial charge in [-0.1, -0.05) is 6.07 Å². The van der Waals surface area contributed by atoms with E-state index in [0.29, 0.717) is 18.9 Å². The van der Waals surface area contributed by atoms with Crippen LogP contribution in [0.5, 0.6) is 0 Å². The molecule has 1 aromatic rings. The SMILES string of the molecule is CC(NCC1CCOCO1)c1cccs1. The summed E-state index contributed by atoms with van der Waals surface area (Å²) in [6, 6.07) is 4.66. The highest BCUT2D eigenvalue weighted by Crippen LogP contribution is 2.18. The van der Waals surface area contributed by atoms with E-state index in [1.165, 1.54) is 4.88 Å². The van der Waals surface area contributed by atoms with Crippen LogP contribution in [0.3, 0.4) is 0 Å². The van der Waals surface area contributed by atoms with Crippen LogP contribution in [0.2, 0.25) is 0 Å². The number of hydrogen-bond acceptors (Lipinski definition) is 4. The van der Waals surface area contributed by atoms with Crippen LogP contribution in [0, 0.1) is 0 Å². The Morgan fingerprint density at radius 1 is 1.67 bits per heavy atom. The summed E-state index contributed by atoms with van der Waals surface area (Å²) in [6.07, 6.45) is 1.30. The Morgan fingerprint density at radius 3 is 3.27 bits per heavy atom. The van der Waals surface area contributed by atoms with Gasteiger partial charge in [0.25, 0.3) is 0 Å². The molecule has 1 aliphatic rings. The molecule has 1 saturated heterocycles. The largest absolute Gasteiger partial charge is 0.355 e. The molecule has 0 bridgehead atoms. The van der Waals surface area contributed by atoms with E-state index >= 15 is 0 Å². The molecule has 0 saturated carbocycles. The highest BCUT2D eigenvalue weighted by molar-refractivity contribution is 7.10. The summed E-state index contributed by atoms with van der Waals surface area (Å²) in [5, 5.41) is 5.59. The lowest BCUT2D eigenvalue weighted by molar-refractivity contribution is -0.137. The maximum absolute atomic E-state index is 5.46. The lowest BCUT2D eigenvalue weighted by atomic mass is 10.2. The highest BCUT2D eigenvalue weighted by Gasteiger charge is 2.15. The van der Waals surface area contributed by atoms with E-state index in [9.17, 15) is 0 Å². The van der Waals surface area contributed by atoms with Crippen molar-refractivity contribution in [3.63, 3.8) is 0 Å². The highest BCUT2D eigenvalue weighted by atomic mass is 32.1. The van der Waals surface area contributed by atoms with E-state index < -0.39 is 0 Å². The molecule has 2 rings (SSSR count). The normalized spacial score (nSPS) is 23.9. The van der Waals surface area contributed by atoms with Crippen molar-refractivity contribution in [2.75, 3.05) is 19.9 Å². The molecule has 1 aliphatic heterocycles. The molecule has 0 radical (unpaired) electrons. The molecule has 1 N–H and O–H groups in total. The second-order valence-corrected chi connectivity index (χ2v) is 4.73. The molecular formula is C11H17NO2S. The first-order valence-electron chi connectivity index (χ1n) is 5.32. The summed E-state index contributed by atoms with van der Waals surface area (Å²) < 4.78 is 10.6. The van der Waals surface area contributed by atoms with Gasteiger partial charge in [-0.05, 0) is 24.8 Å². The first-order chi connectivity index (χ1) is 7.36. The van der Waals surface area contributed by atoms with Gasteiger partial charge in [-0.25, -0.2) is 0 Å². The van der Waals surface area contributed by atoms with Crippen LogP contribution >= 0.6 is 11.3 Å². The van der Waals surface area contributed by atoms with Crippen molar-refractivity contribution in [3.05, 3.63) is 22.4 Å². The third-order valence-electron chi connectivity index (χ3n) is 2.59. The molecule has 84 valence electrons. The summed E-state index contributed by atoms with van der Waals surface area (Å²) in [6.45, 7) is 4.35. The van der Waals surface area contributed by atoms with Gasteiger partial charge in [-0.15, -0.1) is 11.3 Å². The van der Waals surface area contributed by atoms with Crippen molar-refractivity contribution in [3.8, 4) is 0 Å². The van der Waals surface area contributed by atoms with E-state index in [-0.39, 0.29) is 0 Å². The van der Waals surface area contributed by atoms with E-state index in [2.05, 4.69) is 29.8 Å². The Kier molecular flexibility index (Phi) is 4.14. The zero-order chi connectivity index (χ0) is 10.5. The van der Waals surface area contributed by atoms with Gasteiger partial charge in [-0.3, -0.25) is 0 Å². The maximum atomic E-state index is 5.46. The minimum atomic E-state index is 0.307. The number of thiophene rings is 1. The molecule has 0 aliphatic carbocycles. The summed E-state index contributed by atoms with van der Waals surface area (Å²) in [4.78, 5) is 1.38. The Bertz CT molecular complexity index is 270. The fourth-order valence-corrected chi connectivity index (χ4v) is 2.37. The van der Waals surface area contributed by atoms with E-state index in [4.69, 9.17) is 9.47 Å². The molecule has 0 amide bonds. The Hall–Kier alpha value is -0.420. The molecule has 1 aromatic heterocycles. The predicted molar refractivity (Wildman–Crippen MR) is 61.0 cm³/mol. The summed E-state index contributed by atoms with van der Waals surface area (Å²) >= 11 is 1.79. The lowest BCUT2D eigenvalue weighted by Crippen LogP contribution is -2.35. The van der Waals surface area contributed by atoms with Crippen LogP contribution in [0.15, 0.2) is 17.5 Å². The van der Waals surface area contributed by atoms with Gasteiger partial charge >= 0.3 is 0 Å². The first-order valence-corrected chi connectivity index (χ1v) is 6.20. The standard InChI is InChI=1S/C11H17NO2S/c1-9(11-3-2-6-15-11)12-7-10-4-5-13-8-14-10/h2-3,6,9-10,12H,4-5,7-8H2,1H3. The molecule has 3 nitrogen and oxygen atoms in total. The van der Waals surface area contributed by atoms with Crippen molar-refractivity contribution < 1.29 is 9.47 Å². The van der Waals surface area contributed by atoms with E-state index in [1.807, 2.05) is 0 Å². The first kappa shape index (κ1) is 11.1. The predicted octanol–water partition coefficient (Wildman–Crippen LogP) is 2.16. The average molecular weight is 227 g/mol. The Balaban J connectivity index is 1.73. The molecule has 2 unspecified atom stereocenters. The van der Waals surface area contributed by atoms with E-state index in [0.717, 1.165) is 19.6 Å². The monoisotopic (exact) mass is 227 g/mol. The van der Waals surface area contributed by atoms with Crippen molar-refractivity contribution in [2.24, 2.45) is 0 Å². The Morgan fingerprint density at radius 2 is 2.60 bits per heavy atom. The quantitative estimate of drug-likeness (QED) is 0.855. The number of hydrogen-bond donors (Lipinski definition) is 1. The molecule has 2 heterocycles. The maximum Gasteiger partial charge on any atom is 0.147 e. The zero-order valence-electron chi connectivity index (χ0n) is 8.94. The minimum absolute atomic E-state index is 0.307. The summed E-state index contributed by atoms with van der Waals surface area (Å²) in [5.41, 5.74) is 0. The third-order valence-corrected chi connectivity index (χ3v) is 3.65. The zero-order valence-corrected chi connectivity index (χ0v) is 9.76. The molecule has 0 aromatic carbocycles. The van der Waals surface area contributed by atoms with Crippen LogP contribution < -0.4 is 5.32 Å². The van der Waals surface area contributed by atoms with Gasteiger partial charge in [0.05, 0.1) is 12.7 Å². The van der Waals surface area contributed by atoms with Crippen LogP contribution in [0.1, 0.15) is 24.3 Å². The van der Waals surface area contributed by atoms with Gasteiger partial charge < -0.3 is 14.8 Å². The van der Waals surface area contributed by atoms with Crippen LogP contribution in [0.4, 0.5) is 0 Å². The average Bonchev–Trinajstić information content (AvgIpc) is 2.81. The van der Waals surface area contributed by atoms with E-state index in [1.54, 1.807) is 11.3 Å². The van der Waals surface area contributed by atoms with Crippen molar-refractivity contribution in [2.45, 2.75) is 25.5 Å². The Labute approximate surface area is 94.4 Å². The third kappa shape index (κ3) is 3.28. The number of rotatable bonds is 4. The van der Waals surface area contributed by atoms with Crippen molar-refractivity contribution >= 4 is 11.3 Å². The smallest absolute Gasteiger partial charge is 0.147 e. The van der Waals surface area contributed by atoms with Crippen LogP contribution in [-0.2, 0) is 9.47 Å². The molecule has 0 spiro atoms. The summed E-state index contributed by atoms with van der Waals surface area (Å²) in [7, 11) is 0. The van der Waals surface area contributed by atoms with Gasteiger partial charge in [0.2, 0.25) is 0 Å². The van der Waals surface area contributed by atoms with Crippen LogP contribution in [-0.4, -0.2) is 26.0 Å². The number of nitrogens with one attached hydrogen (secondary N) is 1.